The van der Waals surface area contributed by atoms with Crippen molar-refractivity contribution in [2.24, 2.45) is 0 Å². The molecule has 1 aromatic heterocycles. The minimum atomic E-state index is -3.84. The summed E-state index contributed by atoms with van der Waals surface area (Å²) in [6.07, 6.45) is 0. The number of hydrogen-bond acceptors (Lipinski definition) is 5. The Balaban J connectivity index is 1.72. The Morgan fingerprint density at radius 2 is 1.93 bits per heavy atom. The number of hydrogen-bond donors (Lipinski definition) is 1. The van der Waals surface area contributed by atoms with E-state index in [4.69, 9.17) is 20.8 Å². The van der Waals surface area contributed by atoms with E-state index in [0.717, 1.165) is 0 Å². The van der Waals surface area contributed by atoms with Gasteiger partial charge in [0.2, 0.25) is 0 Å². The Kier molecular flexibility index (Phi) is 6.24. The van der Waals surface area contributed by atoms with Crippen LogP contribution < -0.4 is 10.1 Å². The molecule has 0 spiro atoms. The summed E-state index contributed by atoms with van der Waals surface area (Å²) in [5.74, 6) is -1.35. The monoisotopic (exact) mass is 437 g/mol. The summed E-state index contributed by atoms with van der Waals surface area (Å²) in [5, 5.41) is 2.78. The second kappa shape index (κ2) is 8.67. The highest BCUT2D eigenvalue weighted by molar-refractivity contribution is 7.90. The molecule has 9 heteroatoms. The maximum Gasteiger partial charge on any atom is 0.287 e. The summed E-state index contributed by atoms with van der Waals surface area (Å²) in [6.45, 7) is -0.0282. The quantitative estimate of drug-likeness (QED) is 0.604. The molecule has 0 radical (unpaired) electrons. The van der Waals surface area contributed by atoms with Gasteiger partial charge in [-0.25, -0.2) is 12.8 Å². The molecule has 0 atom stereocenters. The molecule has 0 saturated heterocycles. The number of halogens is 2. The molecule has 152 valence electrons. The molecule has 0 aliphatic heterocycles. The molecule has 3 rings (SSSR count). The van der Waals surface area contributed by atoms with Crippen LogP contribution >= 0.6 is 11.6 Å². The van der Waals surface area contributed by atoms with Crippen molar-refractivity contribution >= 4 is 27.3 Å². The van der Waals surface area contributed by atoms with E-state index < -0.39 is 27.3 Å². The Hall–Kier alpha value is -2.84. The first kappa shape index (κ1) is 20.9. The highest BCUT2D eigenvalue weighted by Crippen LogP contribution is 2.30. The van der Waals surface area contributed by atoms with Gasteiger partial charge in [-0.2, -0.15) is 0 Å². The van der Waals surface area contributed by atoms with Gasteiger partial charge in [0.1, 0.15) is 28.0 Å². The van der Waals surface area contributed by atoms with Crippen molar-refractivity contribution < 1.29 is 26.8 Å². The number of benzene rings is 2. The molecule has 29 heavy (non-hydrogen) atoms. The number of furan rings is 1. The van der Waals surface area contributed by atoms with Crippen LogP contribution in [0, 0.1) is 5.82 Å². The smallest absolute Gasteiger partial charge is 0.287 e. The third kappa shape index (κ3) is 4.96. The van der Waals surface area contributed by atoms with Crippen LogP contribution in [0.4, 0.5) is 4.39 Å². The summed E-state index contributed by atoms with van der Waals surface area (Å²) in [5.41, 5.74) is 0.322. The van der Waals surface area contributed by atoms with Crippen molar-refractivity contribution in [3.8, 4) is 5.75 Å². The van der Waals surface area contributed by atoms with Gasteiger partial charge in [-0.3, -0.25) is 4.79 Å². The largest absolute Gasteiger partial charge is 0.495 e. The zero-order valence-electron chi connectivity index (χ0n) is 15.3. The third-order valence-electron chi connectivity index (χ3n) is 4.08. The maximum atomic E-state index is 13.6. The lowest BCUT2D eigenvalue weighted by Gasteiger charge is -2.09. The predicted molar refractivity (Wildman–Crippen MR) is 105 cm³/mol. The topological polar surface area (TPSA) is 85.6 Å². The number of carbonyl (C=O) groups is 1. The minimum Gasteiger partial charge on any atom is -0.495 e. The van der Waals surface area contributed by atoms with E-state index in [2.05, 4.69) is 5.32 Å². The number of sulfone groups is 1. The lowest BCUT2D eigenvalue weighted by Crippen LogP contribution is -2.22. The average Bonchev–Trinajstić information content (AvgIpc) is 3.15. The lowest BCUT2D eigenvalue weighted by atomic mass is 10.2. The fourth-order valence-corrected chi connectivity index (χ4v) is 4.33. The standard InChI is InChI=1S/C20H17ClFNO5S/c1-27-17-8-6-14(21)10-19(17)29(25,26)12-15-7-9-18(28-15)20(24)23-11-13-4-2-3-5-16(13)22/h2-10H,11-12H2,1H3,(H,23,24). The minimum absolute atomic E-state index is 0.0282. The molecule has 6 nitrogen and oxygen atoms in total. The molecule has 0 fully saturated rings. The Morgan fingerprint density at radius 1 is 1.17 bits per heavy atom. The van der Waals surface area contributed by atoms with Crippen LogP contribution in [0.5, 0.6) is 5.75 Å². The van der Waals surface area contributed by atoms with E-state index in [9.17, 15) is 17.6 Å². The van der Waals surface area contributed by atoms with Crippen molar-refractivity contribution in [1.29, 1.82) is 0 Å². The van der Waals surface area contributed by atoms with E-state index in [1.165, 1.54) is 43.5 Å². The Morgan fingerprint density at radius 3 is 2.66 bits per heavy atom. The van der Waals surface area contributed by atoms with Gasteiger partial charge in [-0.15, -0.1) is 0 Å². The van der Waals surface area contributed by atoms with Gasteiger partial charge < -0.3 is 14.5 Å². The van der Waals surface area contributed by atoms with Gasteiger partial charge in [-0.05, 0) is 36.4 Å². The summed E-state index contributed by atoms with van der Waals surface area (Å²) >= 11 is 5.90. The van der Waals surface area contributed by atoms with E-state index in [1.807, 2.05) is 0 Å². The third-order valence-corrected chi connectivity index (χ3v) is 5.96. The van der Waals surface area contributed by atoms with Crippen LogP contribution in [-0.2, 0) is 22.1 Å². The molecular weight excluding hydrogens is 421 g/mol. The number of nitrogens with one attached hydrogen (secondary N) is 1. The molecule has 1 heterocycles. The van der Waals surface area contributed by atoms with Crippen molar-refractivity contribution in [2.75, 3.05) is 7.11 Å². The summed E-state index contributed by atoms with van der Waals surface area (Å²) < 4.78 is 49.5. The van der Waals surface area contributed by atoms with Crippen LogP contribution in [0.3, 0.4) is 0 Å². The SMILES string of the molecule is COc1ccc(Cl)cc1S(=O)(=O)Cc1ccc(C(=O)NCc2ccccc2F)o1. The molecule has 0 aliphatic rings. The van der Waals surface area contributed by atoms with Gasteiger partial charge in [0.25, 0.3) is 5.91 Å². The lowest BCUT2D eigenvalue weighted by molar-refractivity contribution is 0.0921. The first-order chi connectivity index (χ1) is 13.8. The van der Waals surface area contributed by atoms with Crippen LogP contribution in [-0.4, -0.2) is 21.4 Å². The van der Waals surface area contributed by atoms with Gasteiger partial charge in [-0.1, -0.05) is 29.8 Å². The van der Waals surface area contributed by atoms with Crippen LogP contribution in [0.2, 0.25) is 5.02 Å². The normalized spacial score (nSPS) is 11.3. The van der Waals surface area contributed by atoms with Crippen molar-refractivity contribution in [3.63, 3.8) is 0 Å². The molecular formula is C20H17ClFNO5S. The first-order valence-corrected chi connectivity index (χ1v) is 10.5. The van der Waals surface area contributed by atoms with Crippen molar-refractivity contribution in [3.05, 3.63) is 82.5 Å². The number of ether oxygens (including phenoxy) is 1. The molecule has 0 aliphatic carbocycles. The molecule has 0 unspecified atom stereocenters. The molecule has 1 N–H and O–H groups in total. The van der Waals surface area contributed by atoms with Crippen LogP contribution in [0.25, 0.3) is 0 Å². The Bertz CT molecular complexity index is 1140. The van der Waals surface area contributed by atoms with E-state index in [0.29, 0.717) is 5.56 Å². The fraction of sp³-hybridized carbons (Fsp3) is 0.150. The highest BCUT2D eigenvalue weighted by atomic mass is 35.5. The van der Waals surface area contributed by atoms with Gasteiger partial charge in [0.05, 0.1) is 7.11 Å². The molecule has 0 saturated carbocycles. The molecule has 3 aromatic rings. The zero-order valence-corrected chi connectivity index (χ0v) is 16.9. The fourth-order valence-electron chi connectivity index (χ4n) is 2.64. The second-order valence-corrected chi connectivity index (χ2v) is 8.49. The summed E-state index contributed by atoms with van der Waals surface area (Å²) in [6, 6.07) is 13.1. The summed E-state index contributed by atoms with van der Waals surface area (Å²) in [7, 11) is -2.48. The number of amides is 1. The summed E-state index contributed by atoms with van der Waals surface area (Å²) in [4.78, 5) is 12.1. The van der Waals surface area contributed by atoms with E-state index in [-0.39, 0.29) is 33.7 Å². The van der Waals surface area contributed by atoms with Crippen LogP contribution in [0.15, 0.2) is 63.9 Å². The average molecular weight is 438 g/mol. The number of carbonyl (C=O) groups excluding carboxylic acids is 1. The maximum absolute atomic E-state index is 13.6. The van der Waals surface area contributed by atoms with E-state index >= 15 is 0 Å². The zero-order chi connectivity index (χ0) is 21.0. The second-order valence-electron chi connectivity index (χ2n) is 6.09. The van der Waals surface area contributed by atoms with Crippen molar-refractivity contribution in [2.45, 2.75) is 17.2 Å². The molecule has 1 amide bonds. The highest BCUT2D eigenvalue weighted by Gasteiger charge is 2.23. The first-order valence-electron chi connectivity index (χ1n) is 8.47. The molecule has 0 bridgehead atoms. The molecule has 2 aromatic carbocycles. The van der Waals surface area contributed by atoms with Gasteiger partial charge in [0, 0.05) is 17.1 Å². The number of methoxy groups -OCH3 is 1. The van der Waals surface area contributed by atoms with Gasteiger partial charge >= 0.3 is 0 Å². The van der Waals surface area contributed by atoms with Gasteiger partial charge in [0.15, 0.2) is 15.6 Å². The number of rotatable bonds is 7. The van der Waals surface area contributed by atoms with Crippen LogP contribution in [0.1, 0.15) is 21.9 Å². The van der Waals surface area contributed by atoms with Crippen molar-refractivity contribution in [1.82, 2.24) is 5.32 Å². The van der Waals surface area contributed by atoms with E-state index in [1.54, 1.807) is 18.2 Å². The predicted octanol–water partition coefficient (Wildman–Crippen LogP) is 3.98. The Labute approximate surface area is 172 Å².